The van der Waals surface area contributed by atoms with Crippen molar-refractivity contribution in [1.82, 2.24) is 0 Å². The molecule has 94 valence electrons. The Morgan fingerprint density at radius 1 is 1.29 bits per heavy atom. The number of hydrogen-bond acceptors (Lipinski definition) is 2. The highest BCUT2D eigenvalue weighted by molar-refractivity contribution is 8.12. The van der Waals surface area contributed by atoms with Gasteiger partial charge in [-0.1, -0.05) is 51.0 Å². The number of aryl methyl sites for hydroxylation is 1. The van der Waals surface area contributed by atoms with Crippen molar-refractivity contribution in [1.29, 1.82) is 0 Å². The molecular weight excluding hydrogens is 266 g/mol. The summed E-state index contributed by atoms with van der Waals surface area (Å²) in [6.07, 6.45) is 4.37. The van der Waals surface area contributed by atoms with Gasteiger partial charge in [-0.2, -0.15) is 0 Å². The molecular formula is C13H18NS3-. The monoisotopic (exact) mass is 284 g/mol. The molecule has 0 saturated heterocycles. The predicted molar refractivity (Wildman–Crippen MR) is 85.9 cm³/mol. The third kappa shape index (κ3) is 3.90. The van der Waals surface area contributed by atoms with Crippen LogP contribution in [0.15, 0.2) is 18.2 Å². The zero-order valence-corrected chi connectivity index (χ0v) is 12.8. The van der Waals surface area contributed by atoms with Crippen LogP contribution in [0, 0.1) is 0 Å². The average molecular weight is 284 g/mol. The Labute approximate surface area is 121 Å². The first kappa shape index (κ1) is 14.9. The summed E-state index contributed by atoms with van der Waals surface area (Å²) in [7, 11) is 0. The lowest BCUT2D eigenvalue weighted by Crippen LogP contribution is -2.19. The van der Waals surface area contributed by atoms with Gasteiger partial charge in [-0.3, -0.25) is 0 Å². The molecule has 17 heavy (non-hydrogen) atoms. The van der Waals surface area contributed by atoms with Crippen LogP contribution in [0.5, 0.6) is 0 Å². The number of nitrogens with zero attached hydrogens (tertiary/aromatic N) is 1. The maximum Gasteiger partial charge on any atom is 0.115 e. The highest BCUT2D eigenvalue weighted by Gasteiger charge is 2.08. The Hall–Kier alpha value is -0.190. The minimum absolute atomic E-state index is 0.436. The molecule has 0 saturated carbocycles. The van der Waals surface area contributed by atoms with E-state index in [0.717, 1.165) is 31.4 Å². The van der Waals surface area contributed by atoms with Crippen molar-refractivity contribution in [3.8, 4) is 0 Å². The molecule has 0 unspecified atom stereocenters. The molecule has 0 bridgehead atoms. The quantitative estimate of drug-likeness (QED) is 0.493. The van der Waals surface area contributed by atoms with E-state index in [1.54, 1.807) is 4.31 Å². The van der Waals surface area contributed by atoms with Crippen LogP contribution in [0.25, 0.3) is 0 Å². The normalized spacial score (nSPS) is 10.4. The van der Waals surface area contributed by atoms with Crippen LogP contribution in [0.1, 0.15) is 37.8 Å². The molecule has 0 N–H and O–H groups in total. The Kier molecular flexibility index (Phi) is 6.38. The molecule has 0 aliphatic heterocycles. The molecule has 0 fully saturated rings. The zero-order chi connectivity index (χ0) is 12.8. The van der Waals surface area contributed by atoms with Crippen LogP contribution in [-0.2, 0) is 25.7 Å². The van der Waals surface area contributed by atoms with E-state index in [1.165, 1.54) is 11.1 Å². The van der Waals surface area contributed by atoms with Gasteiger partial charge in [-0.25, -0.2) is 0 Å². The number of rotatable bonds is 5. The molecule has 4 heteroatoms. The van der Waals surface area contributed by atoms with Gasteiger partial charge in [0.05, 0.1) is 0 Å². The Balaban J connectivity index is 3.18. The van der Waals surface area contributed by atoms with Gasteiger partial charge in [0, 0.05) is 5.69 Å². The van der Waals surface area contributed by atoms with Gasteiger partial charge >= 0.3 is 0 Å². The van der Waals surface area contributed by atoms with Crippen molar-refractivity contribution in [2.75, 3.05) is 4.31 Å². The third-order valence-corrected chi connectivity index (χ3v) is 3.67. The van der Waals surface area contributed by atoms with Crippen LogP contribution in [-0.4, -0.2) is 4.32 Å². The second kappa shape index (κ2) is 7.29. The van der Waals surface area contributed by atoms with Gasteiger partial charge in [0.15, 0.2) is 0 Å². The smallest absolute Gasteiger partial charge is 0.115 e. The molecule has 1 rings (SSSR count). The van der Waals surface area contributed by atoms with Crippen LogP contribution >= 0.6 is 24.8 Å². The minimum atomic E-state index is 0.436. The van der Waals surface area contributed by atoms with E-state index in [4.69, 9.17) is 25.0 Å². The summed E-state index contributed by atoms with van der Waals surface area (Å²) in [5.41, 5.74) is 3.72. The van der Waals surface area contributed by atoms with Crippen LogP contribution < -0.4 is 4.31 Å². The van der Waals surface area contributed by atoms with Gasteiger partial charge in [-0.05, 0) is 30.0 Å². The SMILES string of the molecule is CCCc1cccc(N([S-])C(=S)S)c1CCC. The summed E-state index contributed by atoms with van der Waals surface area (Å²) in [4.78, 5) is 0. The summed E-state index contributed by atoms with van der Waals surface area (Å²) in [6, 6.07) is 6.26. The average Bonchev–Trinajstić information content (AvgIpc) is 2.31. The molecule has 0 aliphatic carbocycles. The van der Waals surface area contributed by atoms with Crippen LogP contribution in [0.4, 0.5) is 5.69 Å². The topological polar surface area (TPSA) is 3.24 Å². The van der Waals surface area contributed by atoms with E-state index in [9.17, 15) is 0 Å². The number of hydrogen-bond donors (Lipinski definition) is 1. The predicted octanol–water partition coefficient (Wildman–Crippen LogP) is 4.07. The van der Waals surface area contributed by atoms with E-state index >= 15 is 0 Å². The van der Waals surface area contributed by atoms with E-state index in [-0.39, 0.29) is 0 Å². The van der Waals surface area contributed by atoms with Crippen molar-refractivity contribution in [2.45, 2.75) is 39.5 Å². The summed E-state index contributed by atoms with van der Waals surface area (Å²) in [5.74, 6) is 0. The van der Waals surface area contributed by atoms with Crippen LogP contribution in [0.3, 0.4) is 0 Å². The first-order valence-corrected chi connectivity index (χ1v) is 7.14. The van der Waals surface area contributed by atoms with Gasteiger partial charge in [0.25, 0.3) is 0 Å². The number of thiol groups is 1. The van der Waals surface area contributed by atoms with Crippen molar-refractivity contribution in [2.24, 2.45) is 0 Å². The van der Waals surface area contributed by atoms with Gasteiger partial charge in [-0.15, -0.1) is 12.6 Å². The largest absolute Gasteiger partial charge is 0.659 e. The maximum atomic E-state index is 5.29. The van der Waals surface area contributed by atoms with Crippen LogP contribution in [0.2, 0.25) is 0 Å². The zero-order valence-electron chi connectivity index (χ0n) is 10.3. The van der Waals surface area contributed by atoms with Gasteiger partial charge in [0.2, 0.25) is 0 Å². The lowest BCUT2D eigenvalue weighted by Gasteiger charge is -2.33. The van der Waals surface area contributed by atoms with Gasteiger partial charge in [0.1, 0.15) is 4.32 Å². The van der Waals surface area contributed by atoms with E-state index in [1.807, 2.05) is 12.1 Å². The minimum Gasteiger partial charge on any atom is -0.659 e. The number of thiocarbonyl (C=S) groups is 1. The lowest BCUT2D eigenvalue weighted by atomic mass is 9.98. The van der Waals surface area contributed by atoms with Crippen molar-refractivity contribution >= 4 is 47.7 Å². The molecule has 1 aromatic rings. The Morgan fingerprint density at radius 2 is 1.94 bits per heavy atom. The Morgan fingerprint density at radius 3 is 2.47 bits per heavy atom. The fourth-order valence-electron chi connectivity index (χ4n) is 1.96. The molecule has 1 aromatic carbocycles. The molecule has 0 atom stereocenters. The number of benzene rings is 1. The van der Waals surface area contributed by atoms with Gasteiger partial charge < -0.3 is 17.1 Å². The van der Waals surface area contributed by atoms with E-state index < -0.39 is 0 Å². The number of anilines is 1. The molecule has 0 radical (unpaired) electrons. The lowest BCUT2D eigenvalue weighted by molar-refractivity contribution is 0.862. The summed E-state index contributed by atoms with van der Waals surface area (Å²) in [6.45, 7) is 4.37. The summed E-state index contributed by atoms with van der Waals surface area (Å²) < 4.78 is 2.01. The second-order valence-corrected chi connectivity index (χ2v) is 5.47. The highest BCUT2D eigenvalue weighted by Crippen LogP contribution is 2.27. The fraction of sp³-hybridized carbons (Fsp3) is 0.462. The van der Waals surface area contributed by atoms with Crippen molar-refractivity contribution < 1.29 is 0 Å². The first-order chi connectivity index (χ1) is 8.11. The summed E-state index contributed by atoms with van der Waals surface area (Å²) in [5, 5.41) is 0. The van der Waals surface area contributed by atoms with Crippen molar-refractivity contribution in [3.05, 3.63) is 29.3 Å². The van der Waals surface area contributed by atoms with E-state index in [2.05, 4.69) is 32.5 Å². The van der Waals surface area contributed by atoms with Crippen molar-refractivity contribution in [3.63, 3.8) is 0 Å². The maximum absolute atomic E-state index is 5.29. The molecule has 0 aliphatic rings. The summed E-state index contributed by atoms with van der Waals surface area (Å²) >= 11 is 14.5. The first-order valence-electron chi connectivity index (χ1n) is 5.92. The standard InChI is InChI=1S/C13H18NS3/c1-3-6-10-8-5-9-12(11(10)7-4-2)14(17)13(15)16/h5,8-9H,3-4,6-7H2,1-2H3,(H,15,16)/q-1. The van der Waals surface area contributed by atoms with E-state index in [0.29, 0.717) is 4.32 Å². The molecule has 1 nitrogen and oxygen atoms in total. The second-order valence-electron chi connectivity index (χ2n) is 3.99. The molecule has 0 amide bonds. The Bertz CT molecular complexity index is 390. The molecule has 0 spiro atoms. The highest BCUT2D eigenvalue weighted by atomic mass is 32.1. The molecule has 0 aromatic heterocycles. The third-order valence-electron chi connectivity index (χ3n) is 2.66. The molecule has 0 heterocycles. The fourth-order valence-corrected chi connectivity index (χ4v) is 2.33.